The minimum absolute atomic E-state index is 0.541. The number of methoxy groups -OCH3 is 2. The van der Waals surface area contributed by atoms with Gasteiger partial charge in [-0.3, -0.25) is 0 Å². The van der Waals surface area contributed by atoms with Crippen LogP contribution in [0, 0.1) is 13.8 Å². The first-order valence-corrected chi connectivity index (χ1v) is 7.40. The van der Waals surface area contributed by atoms with Gasteiger partial charge in [0.15, 0.2) is 0 Å². The molecule has 0 spiro atoms. The molecule has 0 atom stereocenters. The lowest BCUT2D eigenvalue weighted by Gasteiger charge is -2.29. The Balaban J connectivity index is 2.83. The molecule has 0 unspecified atom stereocenters. The summed E-state index contributed by atoms with van der Waals surface area (Å²) in [6, 6.07) is 0. The van der Waals surface area contributed by atoms with Crippen LogP contribution in [0.5, 0.6) is 11.5 Å². The fraction of sp³-hybridized carbons (Fsp3) is 0.562. The average Bonchev–Trinajstić information content (AvgIpc) is 2.92. The summed E-state index contributed by atoms with van der Waals surface area (Å²) in [5.74, 6) is 1.32. The summed E-state index contributed by atoms with van der Waals surface area (Å²) in [5.41, 5.74) is 2.03. The maximum absolute atomic E-state index is 11.0. The van der Waals surface area contributed by atoms with E-state index in [1.807, 2.05) is 13.8 Å². The van der Waals surface area contributed by atoms with Gasteiger partial charge >= 0.3 is 0 Å². The second-order valence-corrected chi connectivity index (χ2v) is 5.83. The summed E-state index contributed by atoms with van der Waals surface area (Å²) < 4.78 is 11.0. The lowest BCUT2D eigenvalue weighted by atomic mass is 9.83. The number of benzene rings is 1. The Morgan fingerprint density at radius 3 is 2.14 bits per heavy atom. The molecule has 1 aromatic rings. The predicted molar refractivity (Wildman–Crippen MR) is 82.3 cm³/mol. The molecule has 114 valence electrons. The molecular formula is C16H20ClNO3. The SMILES string of the molecule is COc1c(C)c(C2(N=C=O)CCCC2)c(OC)c(C)c1Cl. The van der Waals surface area contributed by atoms with Crippen molar-refractivity contribution in [3.63, 3.8) is 0 Å². The van der Waals surface area contributed by atoms with Crippen LogP contribution in [0.15, 0.2) is 4.99 Å². The van der Waals surface area contributed by atoms with Gasteiger partial charge in [0, 0.05) is 16.7 Å². The summed E-state index contributed by atoms with van der Waals surface area (Å²) in [6.45, 7) is 3.82. The molecule has 0 saturated heterocycles. The van der Waals surface area contributed by atoms with E-state index in [2.05, 4.69) is 4.99 Å². The number of isocyanates is 1. The highest BCUT2D eigenvalue weighted by Gasteiger charge is 2.41. The zero-order valence-electron chi connectivity index (χ0n) is 12.9. The number of carbonyl (C=O) groups excluding carboxylic acids is 1. The molecule has 21 heavy (non-hydrogen) atoms. The van der Waals surface area contributed by atoms with Crippen molar-refractivity contribution >= 4 is 17.7 Å². The fourth-order valence-corrected chi connectivity index (χ4v) is 3.73. The van der Waals surface area contributed by atoms with Gasteiger partial charge in [-0.2, -0.15) is 4.99 Å². The molecule has 0 bridgehead atoms. The summed E-state index contributed by atoms with van der Waals surface area (Å²) in [6.07, 6.45) is 5.41. The largest absolute Gasteiger partial charge is 0.496 e. The Morgan fingerprint density at radius 2 is 1.67 bits per heavy atom. The summed E-state index contributed by atoms with van der Waals surface area (Å²) in [7, 11) is 3.20. The molecule has 0 amide bonds. The van der Waals surface area contributed by atoms with Crippen LogP contribution >= 0.6 is 11.6 Å². The molecule has 5 heteroatoms. The van der Waals surface area contributed by atoms with E-state index in [1.165, 1.54) is 0 Å². The van der Waals surface area contributed by atoms with Gasteiger partial charge < -0.3 is 9.47 Å². The van der Waals surface area contributed by atoms with Crippen molar-refractivity contribution < 1.29 is 14.3 Å². The molecule has 0 aliphatic heterocycles. The fourth-order valence-electron chi connectivity index (χ4n) is 3.43. The van der Waals surface area contributed by atoms with Gasteiger partial charge in [-0.25, -0.2) is 4.79 Å². The first-order chi connectivity index (χ1) is 10.0. The van der Waals surface area contributed by atoms with Gasteiger partial charge in [-0.05, 0) is 26.7 Å². The maximum atomic E-state index is 11.0. The summed E-state index contributed by atoms with van der Waals surface area (Å²) in [5, 5.41) is 0.541. The molecule has 1 aromatic carbocycles. The zero-order chi connectivity index (χ0) is 15.6. The van der Waals surface area contributed by atoms with Crippen molar-refractivity contribution in [3.05, 3.63) is 21.7 Å². The Hall–Kier alpha value is -1.51. The number of hydrogen-bond donors (Lipinski definition) is 0. The third-order valence-corrected chi connectivity index (χ3v) is 4.83. The molecule has 0 N–H and O–H groups in total. The lowest BCUT2D eigenvalue weighted by molar-refractivity contribution is 0.366. The van der Waals surface area contributed by atoms with E-state index in [-0.39, 0.29) is 0 Å². The highest BCUT2D eigenvalue weighted by atomic mass is 35.5. The molecular weight excluding hydrogens is 290 g/mol. The number of ether oxygens (including phenoxy) is 2. The van der Waals surface area contributed by atoms with Gasteiger partial charge in [0.1, 0.15) is 17.0 Å². The Kier molecular flexibility index (Phi) is 4.60. The molecule has 4 nitrogen and oxygen atoms in total. The molecule has 1 aliphatic carbocycles. The molecule has 0 radical (unpaired) electrons. The molecule has 1 saturated carbocycles. The van der Waals surface area contributed by atoms with Gasteiger partial charge in [0.05, 0.1) is 19.2 Å². The number of rotatable bonds is 4. The van der Waals surface area contributed by atoms with E-state index in [4.69, 9.17) is 21.1 Å². The molecule has 0 heterocycles. The summed E-state index contributed by atoms with van der Waals surface area (Å²) >= 11 is 6.37. The van der Waals surface area contributed by atoms with E-state index in [0.29, 0.717) is 16.5 Å². The van der Waals surface area contributed by atoms with Crippen LogP contribution in [0.25, 0.3) is 0 Å². The van der Waals surface area contributed by atoms with Gasteiger partial charge in [0.2, 0.25) is 6.08 Å². The maximum Gasteiger partial charge on any atom is 0.235 e. The minimum atomic E-state index is -0.570. The van der Waals surface area contributed by atoms with Crippen LogP contribution in [0.1, 0.15) is 42.4 Å². The van der Waals surface area contributed by atoms with Crippen LogP contribution in [-0.2, 0) is 10.3 Å². The van der Waals surface area contributed by atoms with E-state index >= 15 is 0 Å². The van der Waals surface area contributed by atoms with E-state index in [9.17, 15) is 4.79 Å². The number of aliphatic imine (C=N–C) groups is 1. The van der Waals surface area contributed by atoms with Crippen LogP contribution in [0.2, 0.25) is 5.02 Å². The highest BCUT2D eigenvalue weighted by Crippen LogP contribution is 2.52. The van der Waals surface area contributed by atoms with Crippen molar-refractivity contribution in [1.82, 2.24) is 0 Å². The number of nitrogens with zero attached hydrogens (tertiary/aromatic N) is 1. The van der Waals surface area contributed by atoms with Crippen molar-refractivity contribution in [3.8, 4) is 11.5 Å². The molecule has 1 fully saturated rings. The van der Waals surface area contributed by atoms with E-state index in [0.717, 1.165) is 42.4 Å². The van der Waals surface area contributed by atoms with Crippen molar-refractivity contribution in [2.45, 2.75) is 45.1 Å². The van der Waals surface area contributed by atoms with Gasteiger partial charge in [0.25, 0.3) is 0 Å². The highest BCUT2D eigenvalue weighted by molar-refractivity contribution is 6.33. The standard InChI is InChI=1S/C16H20ClNO3/c1-10-12(16(18-9-19)7-5-6-8-16)14(20-3)11(2)13(17)15(10)21-4/h5-8H2,1-4H3. The first-order valence-electron chi connectivity index (χ1n) is 7.02. The lowest BCUT2D eigenvalue weighted by Crippen LogP contribution is -2.22. The second-order valence-electron chi connectivity index (χ2n) is 5.45. The average molecular weight is 310 g/mol. The van der Waals surface area contributed by atoms with E-state index in [1.54, 1.807) is 20.3 Å². The monoisotopic (exact) mass is 309 g/mol. The Morgan fingerprint density at radius 1 is 1.10 bits per heavy atom. The van der Waals surface area contributed by atoms with Crippen molar-refractivity contribution in [1.29, 1.82) is 0 Å². The molecule has 1 aliphatic rings. The van der Waals surface area contributed by atoms with Crippen molar-refractivity contribution in [2.75, 3.05) is 14.2 Å². The minimum Gasteiger partial charge on any atom is -0.496 e. The van der Waals surface area contributed by atoms with Gasteiger partial charge in [-0.1, -0.05) is 24.4 Å². The topological polar surface area (TPSA) is 47.9 Å². The number of hydrogen-bond acceptors (Lipinski definition) is 4. The number of halogens is 1. The Bertz CT molecular complexity index is 600. The first kappa shape index (κ1) is 15.9. The van der Waals surface area contributed by atoms with Crippen LogP contribution in [-0.4, -0.2) is 20.3 Å². The normalized spacial score (nSPS) is 16.4. The van der Waals surface area contributed by atoms with Crippen LogP contribution in [0.3, 0.4) is 0 Å². The summed E-state index contributed by atoms with van der Waals surface area (Å²) in [4.78, 5) is 15.1. The third-order valence-electron chi connectivity index (χ3n) is 4.38. The Labute approximate surface area is 130 Å². The predicted octanol–water partition coefficient (Wildman–Crippen LogP) is 4.08. The van der Waals surface area contributed by atoms with E-state index < -0.39 is 5.54 Å². The van der Waals surface area contributed by atoms with Gasteiger partial charge in [-0.15, -0.1) is 0 Å². The molecule has 0 aromatic heterocycles. The smallest absolute Gasteiger partial charge is 0.235 e. The third kappa shape index (κ3) is 2.43. The second kappa shape index (κ2) is 6.08. The molecule has 2 rings (SSSR count). The quantitative estimate of drug-likeness (QED) is 0.622. The van der Waals surface area contributed by atoms with Crippen molar-refractivity contribution in [2.24, 2.45) is 4.99 Å². The zero-order valence-corrected chi connectivity index (χ0v) is 13.6. The van der Waals surface area contributed by atoms with Crippen LogP contribution < -0.4 is 9.47 Å². The van der Waals surface area contributed by atoms with Crippen LogP contribution in [0.4, 0.5) is 0 Å².